The van der Waals surface area contributed by atoms with Crippen molar-refractivity contribution in [1.82, 2.24) is 5.32 Å². The van der Waals surface area contributed by atoms with Crippen molar-refractivity contribution in [2.45, 2.75) is 26.5 Å². The van der Waals surface area contributed by atoms with Gasteiger partial charge in [-0.2, -0.15) is 0 Å². The van der Waals surface area contributed by atoms with Crippen LogP contribution in [0.2, 0.25) is 0 Å². The molecule has 0 bridgehead atoms. The summed E-state index contributed by atoms with van der Waals surface area (Å²) in [7, 11) is 0. The molecule has 0 aliphatic rings. The third kappa shape index (κ3) is 4.76. The fourth-order valence-corrected chi connectivity index (χ4v) is 1.85. The van der Waals surface area contributed by atoms with Crippen molar-refractivity contribution in [2.75, 3.05) is 6.54 Å². The molecule has 2 aromatic carbocycles. The van der Waals surface area contributed by atoms with Crippen molar-refractivity contribution in [3.8, 4) is 5.75 Å². The van der Waals surface area contributed by atoms with Crippen LogP contribution in [-0.4, -0.2) is 6.54 Å². The molecule has 0 aliphatic heterocycles. The number of hydrogen-bond donors (Lipinski definition) is 1. The van der Waals surface area contributed by atoms with E-state index in [0.717, 1.165) is 18.8 Å². The highest BCUT2D eigenvalue weighted by atomic mass is 16.5. The van der Waals surface area contributed by atoms with E-state index in [0.29, 0.717) is 6.61 Å². The van der Waals surface area contributed by atoms with Gasteiger partial charge in [-0.25, -0.2) is 0 Å². The smallest absolute Gasteiger partial charge is 0.119 e. The molecule has 0 saturated carbocycles. The second kappa shape index (κ2) is 7.59. The number of benzene rings is 2. The molecule has 2 heteroatoms. The molecule has 0 radical (unpaired) electrons. The highest BCUT2D eigenvalue weighted by Gasteiger charge is 1.96. The van der Waals surface area contributed by atoms with Crippen LogP contribution in [0.3, 0.4) is 0 Å². The third-order valence-corrected chi connectivity index (χ3v) is 2.93. The molecule has 19 heavy (non-hydrogen) atoms. The lowest BCUT2D eigenvalue weighted by molar-refractivity contribution is 0.306. The van der Waals surface area contributed by atoms with E-state index in [9.17, 15) is 0 Å². The van der Waals surface area contributed by atoms with Gasteiger partial charge in [-0.3, -0.25) is 0 Å². The summed E-state index contributed by atoms with van der Waals surface area (Å²) >= 11 is 0. The summed E-state index contributed by atoms with van der Waals surface area (Å²) in [4.78, 5) is 0. The molecular weight excluding hydrogens is 234 g/mol. The van der Waals surface area contributed by atoms with Gasteiger partial charge in [0.15, 0.2) is 0 Å². The zero-order valence-corrected chi connectivity index (χ0v) is 11.4. The van der Waals surface area contributed by atoms with Gasteiger partial charge < -0.3 is 10.1 Å². The monoisotopic (exact) mass is 255 g/mol. The minimum absolute atomic E-state index is 0.618. The molecule has 0 amide bonds. The Hall–Kier alpha value is -1.80. The average molecular weight is 255 g/mol. The molecule has 2 aromatic rings. The van der Waals surface area contributed by atoms with Crippen LogP contribution in [0.4, 0.5) is 0 Å². The summed E-state index contributed by atoms with van der Waals surface area (Å²) < 4.78 is 5.71. The summed E-state index contributed by atoms with van der Waals surface area (Å²) in [6.07, 6.45) is 1.17. The lowest BCUT2D eigenvalue weighted by Crippen LogP contribution is -2.13. The SMILES string of the molecule is CCCNCc1ccc(COc2ccccc2)cc1. The Labute approximate surface area is 115 Å². The van der Waals surface area contributed by atoms with Gasteiger partial charge in [0.05, 0.1) is 0 Å². The fourth-order valence-electron chi connectivity index (χ4n) is 1.85. The van der Waals surface area contributed by atoms with Crippen molar-refractivity contribution in [2.24, 2.45) is 0 Å². The van der Waals surface area contributed by atoms with Gasteiger partial charge in [0, 0.05) is 6.54 Å². The summed E-state index contributed by atoms with van der Waals surface area (Å²) in [5.74, 6) is 0.913. The Morgan fingerprint density at radius 1 is 0.895 bits per heavy atom. The quantitative estimate of drug-likeness (QED) is 0.760. The van der Waals surface area contributed by atoms with E-state index in [1.54, 1.807) is 0 Å². The molecule has 0 atom stereocenters. The molecule has 0 spiro atoms. The Morgan fingerprint density at radius 2 is 1.58 bits per heavy atom. The van der Waals surface area contributed by atoms with Gasteiger partial charge in [0.25, 0.3) is 0 Å². The van der Waals surface area contributed by atoms with E-state index in [1.807, 2.05) is 30.3 Å². The van der Waals surface area contributed by atoms with E-state index in [2.05, 4.69) is 36.5 Å². The van der Waals surface area contributed by atoms with Crippen LogP contribution in [0.25, 0.3) is 0 Å². The van der Waals surface area contributed by atoms with Gasteiger partial charge in [-0.05, 0) is 36.2 Å². The number of ether oxygens (including phenoxy) is 1. The van der Waals surface area contributed by atoms with Crippen molar-refractivity contribution >= 4 is 0 Å². The van der Waals surface area contributed by atoms with Gasteiger partial charge in [0.1, 0.15) is 12.4 Å². The lowest BCUT2D eigenvalue weighted by Gasteiger charge is -2.07. The second-order valence-corrected chi connectivity index (χ2v) is 4.60. The molecule has 0 aliphatic carbocycles. The zero-order chi connectivity index (χ0) is 13.3. The first-order valence-electron chi connectivity index (χ1n) is 6.85. The topological polar surface area (TPSA) is 21.3 Å². The molecule has 2 nitrogen and oxygen atoms in total. The van der Waals surface area contributed by atoms with E-state index < -0.39 is 0 Å². The molecular formula is C17H21NO. The third-order valence-electron chi connectivity index (χ3n) is 2.93. The summed E-state index contributed by atoms with van der Waals surface area (Å²) in [5.41, 5.74) is 2.51. The molecule has 100 valence electrons. The summed E-state index contributed by atoms with van der Waals surface area (Å²) in [5, 5.41) is 3.40. The van der Waals surface area contributed by atoms with Crippen molar-refractivity contribution in [3.63, 3.8) is 0 Å². The lowest BCUT2D eigenvalue weighted by atomic mass is 10.1. The van der Waals surface area contributed by atoms with Crippen molar-refractivity contribution < 1.29 is 4.74 Å². The first-order valence-corrected chi connectivity index (χ1v) is 6.85. The predicted molar refractivity (Wildman–Crippen MR) is 79.2 cm³/mol. The van der Waals surface area contributed by atoms with Gasteiger partial charge in [-0.1, -0.05) is 49.4 Å². The van der Waals surface area contributed by atoms with Crippen LogP contribution in [0.1, 0.15) is 24.5 Å². The van der Waals surface area contributed by atoms with E-state index in [1.165, 1.54) is 17.5 Å². The van der Waals surface area contributed by atoms with Crippen LogP contribution < -0.4 is 10.1 Å². The molecule has 2 rings (SSSR count). The molecule has 0 aromatic heterocycles. The number of para-hydroxylation sites is 1. The first-order chi connectivity index (χ1) is 9.38. The Balaban J connectivity index is 1.81. The zero-order valence-electron chi connectivity index (χ0n) is 11.4. The predicted octanol–water partition coefficient (Wildman–Crippen LogP) is 3.77. The molecule has 0 heterocycles. The van der Waals surface area contributed by atoms with Crippen LogP contribution in [0.15, 0.2) is 54.6 Å². The summed E-state index contributed by atoms with van der Waals surface area (Å²) in [6, 6.07) is 18.5. The fraction of sp³-hybridized carbons (Fsp3) is 0.294. The Kier molecular flexibility index (Phi) is 5.45. The first kappa shape index (κ1) is 13.6. The summed E-state index contributed by atoms with van der Waals surface area (Å²) in [6.45, 7) is 4.80. The van der Waals surface area contributed by atoms with Crippen LogP contribution in [0.5, 0.6) is 5.75 Å². The maximum Gasteiger partial charge on any atom is 0.119 e. The maximum atomic E-state index is 5.71. The number of hydrogen-bond acceptors (Lipinski definition) is 2. The Morgan fingerprint density at radius 3 is 2.26 bits per heavy atom. The molecule has 1 N–H and O–H groups in total. The molecule has 0 unspecified atom stereocenters. The van der Waals surface area contributed by atoms with E-state index in [4.69, 9.17) is 4.74 Å². The maximum absolute atomic E-state index is 5.71. The largest absolute Gasteiger partial charge is 0.489 e. The van der Waals surface area contributed by atoms with Crippen LogP contribution >= 0.6 is 0 Å². The highest BCUT2D eigenvalue weighted by Crippen LogP contribution is 2.12. The van der Waals surface area contributed by atoms with Gasteiger partial charge >= 0.3 is 0 Å². The standard InChI is InChI=1S/C17H21NO/c1-2-12-18-13-15-8-10-16(11-9-15)14-19-17-6-4-3-5-7-17/h3-11,18H,2,12-14H2,1H3. The number of nitrogens with one attached hydrogen (secondary N) is 1. The van der Waals surface area contributed by atoms with Crippen LogP contribution in [0, 0.1) is 0 Å². The van der Waals surface area contributed by atoms with Crippen molar-refractivity contribution in [1.29, 1.82) is 0 Å². The average Bonchev–Trinajstić information content (AvgIpc) is 2.48. The van der Waals surface area contributed by atoms with E-state index >= 15 is 0 Å². The molecule has 0 saturated heterocycles. The second-order valence-electron chi connectivity index (χ2n) is 4.60. The number of rotatable bonds is 7. The minimum atomic E-state index is 0.618. The van der Waals surface area contributed by atoms with Crippen LogP contribution in [-0.2, 0) is 13.2 Å². The van der Waals surface area contributed by atoms with Crippen molar-refractivity contribution in [3.05, 3.63) is 65.7 Å². The van der Waals surface area contributed by atoms with Gasteiger partial charge in [0.2, 0.25) is 0 Å². The highest BCUT2D eigenvalue weighted by molar-refractivity contribution is 5.24. The van der Waals surface area contributed by atoms with Gasteiger partial charge in [-0.15, -0.1) is 0 Å². The minimum Gasteiger partial charge on any atom is -0.489 e. The van der Waals surface area contributed by atoms with E-state index in [-0.39, 0.29) is 0 Å². The Bertz CT molecular complexity index is 464. The normalized spacial score (nSPS) is 10.4. The molecule has 0 fully saturated rings.